The maximum absolute atomic E-state index is 12.1. The van der Waals surface area contributed by atoms with Gasteiger partial charge in [-0.05, 0) is 19.8 Å². The summed E-state index contributed by atoms with van der Waals surface area (Å²) in [5.41, 5.74) is 0. The standard InChI is InChI=1S/C14H29NO2S/c1-5-7-9-15(10-8-6-2)14(17)11-18-13(4)12(3)16/h12-13,16H,5-11H2,1-4H3. The van der Waals surface area contributed by atoms with Crippen molar-refractivity contribution in [3.8, 4) is 0 Å². The third kappa shape index (κ3) is 7.98. The minimum Gasteiger partial charge on any atom is -0.392 e. The van der Waals surface area contributed by atoms with E-state index in [1.807, 2.05) is 11.8 Å². The van der Waals surface area contributed by atoms with E-state index in [0.29, 0.717) is 5.75 Å². The Bertz CT molecular complexity index is 214. The lowest BCUT2D eigenvalue weighted by atomic mass is 10.2. The van der Waals surface area contributed by atoms with E-state index < -0.39 is 0 Å². The summed E-state index contributed by atoms with van der Waals surface area (Å²) in [7, 11) is 0. The highest BCUT2D eigenvalue weighted by Crippen LogP contribution is 2.15. The van der Waals surface area contributed by atoms with E-state index in [1.165, 1.54) is 0 Å². The second-order valence-electron chi connectivity index (χ2n) is 4.84. The van der Waals surface area contributed by atoms with Gasteiger partial charge in [0.15, 0.2) is 0 Å². The molecule has 0 saturated heterocycles. The molecule has 1 N–H and O–H groups in total. The lowest BCUT2D eigenvalue weighted by molar-refractivity contribution is -0.128. The van der Waals surface area contributed by atoms with E-state index in [1.54, 1.807) is 18.7 Å². The number of carbonyl (C=O) groups is 1. The maximum atomic E-state index is 12.1. The van der Waals surface area contributed by atoms with E-state index in [0.717, 1.165) is 38.8 Å². The van der Waals surface area contributed by atoms with Gasteiger partial charge in [0, 0.05) is 18.3 Å². The van der Waals surface area contributed by atoms with Gasteiger partial charge in [-0.15, -0.1) is 11.8 Å². The molecule has 0 spiro atoms. The van der Waals surface area contributed by atoms with Crippen molar-refractivity contribution in [3.63, 3.8) is 0 Å². The highest BCUT2D eigenvalue weighted by atomic mass is 32.2. The highest BCUT2D eigenvalue weighted by Gasteiger charge is 2.16. The molecule has 2 atom stereocenters. The average Bonchev–Trinajstić information content (AvgIpc) is 2.35. The Morgan fingerprint density at radius 2 is 1.67 bits per heavy atom. The van der Waals surface area contributed by atoms with Gasteiger partial charge in [0.25, 0.3) is 0 Å². The molecule has 0 aromatic carbocycles. The van der Waals surface area contributed by atoms with Gasteiger partial charge in [-0.3, -0.25) is 4.79 Å². The summed E-state index contributed by atoms with van der Waals surface area (Å²) in [4.78, 5) is 14.1. The molecule has 108 valence electrons. The molecule has 4 heteroatoms. The van der Waals surface area contributed by atoms with Gasteiger partial charge >= 0.3 is 0 Å². The quantitative estimate of drug-likeness (QED) is 0.666. The molecule has 18 heavy (non-hydrogen) atoms. The normalized spacial score (nSPS) is 14.3. The van der Waals surface area contributed by atoms with Crippen LogP contribution in [-0.4, -0.2) is 46.1 Å². The van der Waals surface area contributed by atoms with E-state index in [-0.39, 0.29) is 17.3 Å². The summed E-state index contributed by atoms with van der Waals surface area (Å²) < 4.78 is 0. The summed E-state index contributed by atoms with van der Waals surface area (Å²) in [6.07, 6.45) is 4.03. The minimum absolute atomic E-state index is 0.119. The van der Waals surface area contributed by atoms with Gasteiger partial charge in [-0.1, -0.05) is 33.6 Å². The monoisotopic (exact) mass is 275 g/mol. The van der Waals surface area contributed by atoms with Crippen LogP contribution in [0.25, 0.3) is 0 Å². The Morgan fingerprint density at radius 1 is 1.17 bits per heavy atom. The molecule has 0 aliphatic heterocycles. The van der Waals surface area contributed by atoms with Crippen molar-refractivity contribution in [2.45, 2.75) is 64.7 Å². The fourth-order valence-corrected chi connectivity index (χ4v) is 2.36. The summed E-state index contributed by atoms with van der Waals surface area (Å²) in [6.45, 7) is 9.77. The van der Waals surface area contributed by atoms with E-state index in [2.05, 4.69) is 13.8 Å². The first-order valence-corrected chi connectivity index (χ1v) is 8.15. The second kappa shape index (κ2) is 10.7. The van der Waals surface area contributed by atoms with E-state index >= 15 is 0 Å². The van der Waals surface area contributed by atoms with Crippen LogP contribution in [-0.2, 0) is 4.79 Å². The number of thioether (sulfide) groups is 1. The molecule has 0 aliphatic carbocycles. The Hall–Kier alpha value is -0.220. The van der Waals surface area contributed by atoms with E-state index in [4.69, 9.17) is 0 Å². The maximum Gasteiger partial charge on any atom is 0.232 e. The molecule has 0 fully saturated rings. The molecule has 0 bridgehead atoms. The lowest BCUT2D eigenvalue weighted by Gasteiger charge is -2.23. The first-order chi connectivity index (χ1) is 8.52. The van der Waals surface area contributed by atoms with Gasteiger partial charge in [-0.2, -0.15) is 0 Å². The molecule has 0 saturated carbocycles. The zero-order chi connectivity index (χ0) is 14.0. The van der Waals surface area contributed by atoms with Crippen LogP contribution >= 0.6 is 11.8 Å². The molecule has 0 heterocycles. The summed E-state index contributed by atoms with van der Waals surface area (Å²) in [5, 5.41) is 9.53. The average molecular weight is 275 g/mol. The number of nitrogens with zero attached hydrogens (tertiary/aromatic N) is 1. The number of aliphatic hydroxyl groups is 1. The fraction of sp³-hybridized carbons (Fsp3) is 0.929. The van der Waals surface area contributed by atoms with Crippen molar-refractivity contribution in [1.82, 2.24) is 4.90 Å². The first kappa shape index (κ1) is 17.8. The van der Waals surface area contributed by atoms with E-state index in [9.17, 15) is 9.90 Å². The largest absolute Gasteiger partial charge is 0.392 e. The SMILES string of the molecule is CCCCN(CCCC)C(=O)CSC(C)C(C)O. The van der Waals surface area contributed by atoms with Gasteiger partial charge in [0.2, 0.25) is 5.91 Å². The number of hydrogen-bond donors (Lipinski definition) is 1. The summed E-state index contributed by atoms with van der Waals surface area (Å²) in [6, 6.07) is 0. The van der Waals surface area contributed by atoms with Crippen molar-refractivity contribution in [3.05, 3.63) is 0 Å². The van der Waals surface area contributed by atoms with Crippen molar-refractivity contribution < 1.29 is 9.90 Å². The molecular formula is C14H29NO2S. The second-order valence-corrected chi connectivity index (χ2v) is 6.21. The summed E-state index contributed by atoms with van der Waals surface area (Å²) in [5.74, 6) is 0.703. The van der Waals surface area contributed by atoms with Crippen molar-refractivity contribution in [2.24, 2.45) is 0 Å². The Labute approximate surface area is 116 Å². The molecule has 3 nitrogen and oxygen atoms in total. The molecule has 1 amide bonds. The van der Waals surface area contributed by atoms with Crippen LogP contribution in [0, 0.1) is 0 Å². The van der Waals surface area contributed by atoms with Crippen LogP contribution in [0.1, 0.15) is 53.4 Å². The molecule has 0 aliphatic rings. The van der Waals surface area contributed by atoms with Gasteiger partial charge in [0.05, 0.1) is 11.9 Å². The van der Waals surface area contributed by atoms with Crippen LogP contribution < -0.4 is 0 Å². The molecule has 2 unspecified atom stereocenters. The van der Waals surface area contributed by atoms with Crippen LogP contribution in [0.2, 0.25) is 0 Å². The zero-order valence-corrected chi connectivity index (χ0v) is 13.1. The van der Waals surface area contributed by atoms with Crippen LogP contribution in [0.4, 0.5) is 0 Å². The number of carbonyl (C=O) groups excluding carboxylic acids is 1. The van der Waals surface area contributed by atoms with Crippen LogP contribution in [0.15, 0.2) is 0 Å². The smallest absolute Gasteiger partial charge is 0.232 e. The molecule has 0 radical (unpaired) electrons. The minimum atomic E-state index is -0.359. The van der Waals surface area contributed by atoms with Gasteiger partial charge < -0.3 is 10.0 Å². The topological polar surface area (TPSA) is 40.5 Å². The van der Waals surface area contributed by atoms with Crippen molar-refractivity contribution in [2.75, 3.05) is 18.8 Å². The molecule has 0 aromatic heterocycles. The predicted octanol–water partition coefficient (Wildman–Crippen LogP) is 2.92. The molecular weight excluding hydrogens is 246 g/mol. The van der Waals surface area contributed by atoms with Crippen molar-refractivity contribution >= 4 is 17.7 Å². The highest BCUT2D eigenvalue weighted by molar-refractivity contribution is 8.00. The van der Waals surface area contributed by atoms with Crippen LogP contribution in [0.3, 0.4) is 0 Å². The number of amides is 1. The number of rotatable bonds is 10. The number of hydrogen-bond acceptors (Lipinski definition) is 3. The Morgan fingerprint density at radius 3 is 2.06 bits per heavy atom. The molecule has 0 rings (SSSR count). The lowest BCUT2D eigenvalue weighted by Crippen LogP contribution is -2.35. The van der Waals surface area contributed by atoms with Crippen molar-refractivity contribution in [1.29, 1.82) is 0 Å². The van der Waals surface area contributed by atoms with Crippen LogP contribution in [0.5, 0.6) is 0 Å². The summed E-state index contributed by atoms with van der Waals surface area (Å²) >= 11 is 1.55. The third-order valence-electron chi connectivity index (χ3n) is 3.06. The molecule has 0 aromatic rings. The van der Waals surface area contributed by atoms with Gasteiger partial charge in [-0.25, -0.2) is 0 Å². The zero-order valence-electron chi connectivity index (χ0n) is 12.3. The first-order valence-electron chi connectivity index (χ1n) is 7.10. The number of aliphatic hydroxyl groups excluding tert-OH is 1. The third-order valence-corrected chi connectivity index (χ3v) is 4.40. The predicted molar refractivity (Wildman–Crippen MR) is 80.0 cm³/mol. The van der Waals surface area contributed by atoms with Gasteiger partial charge in [0.1, 0.15) is 0 Å². The Kier molecular flexibility index (Phi) is 10.5. The fourth-order valence-electron chi connectivity index (χ4n) is 1.49. The Balaban J connectivity index is 4.10. The number of unbranched alkanes of at least 4 members (excludes halogenated alkanes) is 2.